The molecule has 2 rings (SSSR count). The molecule has 15 heavy (non-hydrogen) atoms. The molecule has 4 heteroatoms. The first-order chi connectivity index (χ1) is 7.22. The highest BCUT2D eigenvalue weighted by atomic mass is 32.1. The highest BCUT2D eigenvalue weighted by molar-refractivity contribution is 7.71. The molecule has 3 nitrogen and oxygen atoms in total. The van der Waals surface area contributed by atoms with Crippen LogP contribution in [0.15, 0.2) is 6.20 Å². The molecule has 1 saturated heterocycles. The number of ether oxygens (including phenoxy) is 1. The summed E-state index contributed by atoms with van der Waals surface area (Å²) in [6.45, 7) is 5.15. The van der Waals surface area contributed by atoms with Crippen LogP contribution >= 0.6 is 12.2 Å². The summed E-state index contributed by atoms with van der Waals surface area (Å²) in [7, 11) is 0. The van der Waals surface area contributed by atoms with Gasteiger partial charge in [-0.15, -0.1) is 0 Å². The summed E-state index contributed by atoms with van der Waals surface area (Å²) in [6.07, 6.45) is 5.55. The highest BCUT2D eigenvalue weighted by Gasteiger charge is 2.22. The van der Waals surface area contributed by atoms with Crippen molar-refractivity contribution in [2.75, 3.05) is 6.61 Å². The van der Waals surface area contributed by atoms with Crippen LogP contribution in [0, 0.1) is 4.77 Å². The second-order valence-corrected chi connectivity index (χ2v) is 4.56. The summed E-state index contributed by atoms with van der Waals surface area (Å²) in [5.74, 6) is 0. The zero-order valence-electron chi connectivity index (χ0n) is 9.32. The maximum absolute atomic E-state index is 5.56. The van der Waals surface area contributed by atoms with Crippen molar-refractivity contribution < 1.29 is 4.74 Å². The summed E-state index contributed by atoms with van der Waals surface area (Å²) in [5.41, 5.74) is 1.30. The average molecular weight is 226 g/mol. The van der Waals surface area contributed by atoms with Crippen LogP contribution in [0.1, 0.15) is 38.4 Å². The molecule has 1 aromatic rings. The van der Waals surface area contributed by atoms with Gasteiger partial charge in [0.25, 0.3) is 0 Å². The van der Waals surface area contributed by atoms with Crippen LogP contribution in [0.4, 0.5) is 0 Å². The van der Waals surface area contributed by atoms with Gasteiger partial charge in [-0.1, -0.05) is 6.92 Å². The van der Waals surface area contributed by atoms with E-state index in [-0.39, 0.29) is 0 Å². The number of imidazole rings is 1. The Labute approximate surface area is 95.5 Å². The Morgan fingerprint density at radius 3 is 3.13 bits per heavy atom. The van der Waals surface area contributed by atoms with E-state index in [2.05, 4.69) is 23.4 Å². The Kier molecular flexibility index (Phi) is 3.26. The van der Waals surface area contributed by atoms with Crippen LogP contribution in [-0.2, 0) is 11.2 Å². The van der Waals surface area contributed by atoms with Gasteiger partial charge >= 0.3 is 0 Å². The molecule has 0 saturated carbocycles. The topological polar surface area (TPSA) is 29.9 Å². The van der Waals surface area contributed by atoms with Gasteiger partial charge in [0.2, 0.25) is 0 Å². The van der Waals surface area contributed by atoms with E-state index in [1.54, 1.807) is 0 Å². The van der Waals surface area contributed by atoms with Crippen molar-refractivity contribution in [2.45, 2.75) is 45.3 Å². The van der Waals surface area contributed by atoms with Gasteiger partial charge in [-0.25, -0.2) is 0 Å². The van der Waals surface area contributed by atoms with Gasteiger partial charge < -0.3 is 14.3 Å². The van der Waals surface area contributed by atoms with E-state index in [1.807, 2.05) is 6.20 Å². The number of hydrogen-bond acceptors (Lipinski definition) is 2. The van der Waals surface area contributed by atoms with E-state index in [0.717, 1.165) is 30.6 Å². The van der Waals surface area contributed by atoms with Crippen molar-refractivity contribution in [3.8, 4) is 0 Å². The van der Waals surface area contributed by atoms with Crippen LogP contribution in [0.25, 0.3) is 0 Å². The summed E-state index contributed by atoms with van der Waals surface area (Å²) in [5, 5.41) is 0. The van der Waals surface area contributed by atoms with E-state index in [9.17, 15) is 0 Å². The van der Waals surface area contributed by atoms with Gasteiger partial charge in [0, 0.05) is 24.5 Å². The second-order valence-electron chi connectivity index (χ2n) is 4.17. The quantitative estimate of drug-likeness (QED) is 0.786. The number of nitrogens with one attached hydrogen (secondary N) is 1. The minimum atomic E-state index is 0.352. The molecule has 0 amide bonds. The SMILES string of the molecule is CCc1c[nH]c(=S)n1C1CCOC(C)C1. The lowest BCUT2D eigenvalue weighted by atomic mass is 10.0. The lowest BCUT2D eigenvalue weighted by molar-refractivity contribution is 0.00523. The van der Waals surface area contributed by atoms with E-state index in [0.29, 0.717) is 12.1 Å². The van der Waals surface area contributed by atoms with Crippen LogP contribution in [0.5, 0.6) is 0 Å². The molecule has 1 N–H and O–H groups in total. The van der Waals surface area contributed by atoms with Crippen molar-refractivity contribution in [3.05, 3.63) is 16.7 Å². The zero-order valence-corrected chi connectivity index (χ0v) is 10.1. The van der Waals surface area contributed by atoms with Gasteiger partial charge in [0.05, 0.1) is 6.10 Å². The van der Waals surface area contributed by atoms with Gasteiger partial charge in [-0.05, 0) is 38.4 Å². The van der Waals surface area contributed by atoms with E-state index >= 15 is 0 Å². The molecule has 1 aliphatic heterocycles. The Morgan fingerprint density at radius 1 is 1.67 bits per heavy atom. The Hall–Kier alpha value is -0.610. The normalized spacial score (nSPS) is 26.8. The van der Waals surface area contributed by atoms with Crippen LogP contribution in [-0.4, -0.2) is 22.3 Å². The monoisotopic (exact) mass is 226 g/mol. The van der Waals surface area contributed by atoms with Crippen molar-refractivity contribution >= 4 is 12.2 Å². The van der Waals surface area contributed by atoms with Gasteiger partial charge in [-0.2, -0.15) is 0 Å². The highest BCUT2D eigenvalue weighted by Crippen LogP contribution is 2.26. The molecule has 0 bridgehead atoms. The smallest absolute Gasteiger partial charge is 0.177 e. The van der Waals surface area contributed by atoms with Crippen molar-refractivity contribution in [1.82, 2.24) is 9.55 Å². The molecule has 2 unspecified atom stereocenters. The number of aromatic amines is 1. The average Bonchev–Trinajstić information content (AvgIpc) is 2.59. The van der Waals surface area contributed by atoms with Crippen molar-refractivity contribution in [1.29, 1.82) is 0 Å². The lowest BCUT2D eigenvalue weighted by Crippen LogP contribution is -2.26. The fourth-order valence-corrected chi connectivity index (χ4v) is 2.62. The predicted molar refractivity (Wildman–Crippen MR) is 62.7 cm³/mol. The second kappa shape index (κ2) is 4.49. The molecule has 1 aromatic heterocycles. The largest absolute Gasteiger partial charge is 0.378 e. The number of H-pyrrole nitrogens is 1. The number of aromatic nitrogens is 2. The first kappa shape index (κ1) is 10.9. The fourth-order valence-electron chi connectivity index (χ4n) is 2.30. The minimum Gasteiger partial charge on any atom is -0.378 e. The minimum absolute atomic E-state index is 0.352. The number of hydrogen-bond donors (Lipinski definition) is 1. The van der Waals surface area contributed by atoms with Crippen molar-refractivity contribution in [3.63, 3.8) is 0 Å². The summed E-state index contributed by atoms with van der Waals surface area (Å²) < 4.78 is 8.69. The number of rotatable bonds is 2. The molecule has 84 valence electrons. The molecule has 0 radical (unpaired) electrons. The van der Waals surface area contributed by atoms with Gasteiger partial charge in [0.1, 0.15) is 0 Å². The number of aryl methyl sites for hydroxylation is 1. The molecular weight excluding hydrogens is 208 g/mol. The van der Waals surface area contributed by atoms with Gasteiger partial charge in [0.15, 0.2) is 4.77 Å². The Balaban J connectivity index is 2.27. The number of nitrogens with zero attached hydrogens (tertiary/aromatic N) is 1. The molecule has 0 aromatic carbocycles. The molecule has 1 fully saturated rings. The molecule has 2 heterocycles. The van der Waals surface area contributed by atoms with E-state index < -0.39 is 0 Å². The predicted octanol–water partition coefficient (Wildman–Crippen LogP) is 2.85. The lowest BCUT2D eigenvalue weighted by Gasteiger charge is -2.29. The standard InChI is InChI=1S/C11H18N2OS/c1-3-9-7-12-11(15)13(9)10-4-5-14-8(2)6-10/h7-8,10H,3-6H2,1-2H3,(H,12,15). The summed E-state index contributed by atoms with van der Waals surface area (Å²) >= 11 is 5.33. The van der Waals surface area contributed by atoms with Gasteiger partial charge in [-0.3, -0.25) is 0 Å². The first-order valence-electron chi connectivity index (χ1n) is 5.62. The maximum atomic E-state index is 5.56. The first-order valence-corrected chi connectivity index (χ1v) is 6.03. The van der Waals surface area contributed by atoms with Crippen LogP contribution in [0.2, 0.25) is 0 Å². The van der Waals surface area contributed by atoms with Crippen molar-refractivity contribution in [2.24, 2.45) is 0 Å². The van der Waals surface area contributed by atoms with E-state index in [1.165, 1.54) is 5.69 Å². The summed E-state index contributed by atoms with van der Waals surface area (Å²) in [4.78, 5) is 3.14. The third kappa shape index (κ3) is 2.16. The fraction of sp³-hybridized carbons (Fsp3) is 0.727. The third-order valence-electron chi connectivity index (χ3n) is 3.08. The molecule has 0 aliphatic carbocycles. The summed E-state index contributed by atoms with van der Waals surface area (Å²) in [6, 6.07) is 0.516. The van der Waals surface area contributed by atoms with E-state index in [4.69, 9.17) is 17.0 Å². The van der Waals surface area contributed by atoms with Crippen LogP contribution in [0.3, 0.4) is 0 Å². The molecule has 1 aliphatic rings. The Morgan fingerprint density at radius 2 is 2.47 bits per heavy atom. The Bertz CT molecular complexity index is 382. The zero-order chi connectivity index (χ0) is 10.8. The van der Waals surface area contributed by atoms with Crippen LogP contribution < -0.4 is 0 Å². The molecular formula is C11H18N2OS. The maximum Gasteiger partial charge on any atom is 0.177 e. The third-order valence-corrected chi connectivity index (χ3v) is 3.39. The molecule has 2 atom stereocenters. The molecule has 0 spiro atoms.